The summed E-state index contributed by atoms with van der Waals surface area (Å²) in [4.78, 5) is 31.2. The number of carbonyl (C=O) groups excluding carboxylic acids is 1. The lowest BCUT2D eigenvalue weighted by molar-refractivity contribution is -0.132. The van der Waals surface area contributed by atoms with Gasteiger partial charge in [0.25, 0.3) is 5.56 Å². The van der Waals surface area contributed by atoms with E-state index in [1.165, 1.54) is 10.8 Å². The average molecular weight is 343 g/mol. The van der Waals surface area contributed by atoms with Crippen molar-refractivity contribution in [2.24, 2.45) is 11.8 Å². The molecule has 2 aromatic rings. The second kappa shape index (κ2) is 8.79. The van der Waals surface area contributed by atoms with Crippen molar-refractivity contribution in [1.29, 1.82) is 0 Å². The van der Waals surface area contributed by atoms with E-state index in [-0.39, 0.29) is 18.0 Å². The number of nitrogens with zero attached hydrogens (tertiary/aromatic N) is 3. The van der Waals surface area contributed by atoms with E-state index in [4.69, 9.17) is 0 Å². The van der Waals surface area contributed by atoms with Gasteiger partial charge in [0, 0.05) is 13.1 Å². The largest absolute Gasteiger partial charge is 0.341 e. The first-order valence-corrected chi connectivity index (χ1v) is 9.11. The minimum absolute atomic E-state index is 0.000229. The molecule has 5 nitrogen and oxygen atoms in total. The van der Waals surface area contributed by atoms with Crippen molar-refractivity contribution in [3.05, 3.63) is 40.8 Å². The first-order chi connectivity index (χ1) is 11.9. The Labute approximate surface area is 149 Å². The van der Waals surface area contributed by atoms with Crippen LogP contribution in [-0.4, -0.2) is 33.4 Å². The van der Waals surface area contributed by atoms with Gasteiger partial charge >= 0.3 is 0 Å². The van der Waals surface area contributed by atoms with E-state index < -0.39 is 0 Å². The van der Waals surface area contributed by atoms with Gasteiger partial charge in [0.15, 0.2) is 0 Å². The Kier molecular flexibility index (Phi) is 6.73. The van der Waals surface area contributed by atoms with Crippen molar-refractivity contribution in [1.82, 2.24) is 14.5 Å². The molecule has 2 rings (SSSR count). The molecule has 0 N–H and O–H groups in total. The maximum absolute atomic E-state index is 12.9. The normalized spacial score (nSPS) is 11.4. The van der Waals surface area contributed by atoms with Crippen molar-refractivity contribution in [2.75, 3.05) is 13.1 Å². The van der Waals surface area contributed by atoms with E-state index >= 15 is 0 Å². The first kappa shape index (κ1) is 19.2. The minimum Gasteiger partial charge on any atom is -0.341 e. The van der Waals surface area contributed by atoms with Crippen LogP contribution in [0.3, 0.4) is 0 Å². The van der Waals surface area contributed by atoms with Gasteiger partial charge in [0.05, 0.1) is 17.2 Å². The van der Waals surface area contributed by atoms with Gasteiger partial charge in [-0.2, -0.15) is 0 Å². The maximum atomic E-state index is 12.9. The molecule has 5 heteroatoms. The van der Waals surface area contributed by atoms with Crippen molar-refractivity contribution in [2.45, 2.75) is 47.1 Å². The fourth-order valence-corrected chi connectivity index (χ4v) is 2.70. The van der Waals surface area contributed by atoms with Gasteiger partial charge in [-0.05, 0) is 36.8 Å². The molecule has 0 radical (unpaired) electrons. The van der Waals surface area contributed by atoms with E-state index in [9.17, 15) is 9.59 Å². The van der Waals surface area contributed by atoms with Gasteiger partial charge in [-0.1, -0.05) is 39.8 Å². The van der Waals surface area contributed by atoms with Gasteiger partial charge in [-0.25, -0.2) is 4.98 Å². The van der Waals surface area contributed by atoms with Gasteiger partial charge in [-0.15, -0.1) is 0 Å². The molecule has 1 heterocycles. The highest BCUT2D eigenvalue weighted by Crippen LogP contribution is 2.11. The Morgan fingerprint density at radius 1 is 1.08 bits per heavy atom. The molecule has 136 valence electrons. The molecule has 0 bridgehead atoms. The van der Waals surface area contributed by atoms with Gasteiger partial charge in [-0.3, -0.25) is 14.2 Å². The third-order valence-corrected chi connectivity index (χ3v) is 4.35. The molecule has 25 heavy (non-hydrogen) atoms. The molecule has 0 spiro atoms. The van der Waals surface area contributed by atoms with Crippen LogP contribution >= 0.6 is 0 Å². The van der Waals surface area contributed by atoms with Crippen molar-refractivity contribution in [3.8, 4) is 0 Å². The zero-order chi connectivity index (χ0) is 18.4. The van der Waals surface area contributed by atoms with Gasteiger partial charge in [0.1, 0.15) is 6.54 Å². The average Bonchev–Trinajstić information content (AvgIpc) is 2.57. The van der Waals surface area contributed by atoms with Crippen LogP contribution in [0.4, 0.5) is 0 Å². The lowest BCUT2D eigenvalue weighted by atomic mass is 10.1. The van der Waals surface area contributed by atoms with E-state index in [0.29, 0.717) is 17.4 Å². The Morgan fingerprint density at radius 2 is 1.68 bits per heavy atom. The topological polar surface area (TPSA) is 55.2 Å². The zero-order valence-corrected chi connectivity index (χ0v) is 15.7. The highest BCUT2D eigenvalue weighted by atomic mass is 16.2. The van der Waals surface area contributed by atoms with Crippen LogP contribution in [-0.2, 0) is 11.3 Å². The molecule has 0 unspecified atom stereocenters. The Hall–Kier alpha value is -2.17. The molecular formula is C20H29N3O2. The van der Waals surface area contributed by atoms with E-state index in [2.05, 4.69) is 32.7 Å². The number of aromatic nitrogens is 2. The summed E-state index contributed by atoms with van der Waals surface area (Å²) in [5, 5.41) is 0. The second-order valence-corrected chi connectivity index (χ2v) is 7.42. The molecule has 0 aliphatic heterocycles. The fraction of sp³-hybridized carbons (Fsp3) is 0.550. The number of carbonyl (C=O) groups is 1. The predicted molar refractivity (Wildman–Crippen MR) is 101 cm³/mol. The lowest BCUT2D eigenvalue weighted by Crippen LogP contribution is -2.38. The second-order valence-electron chi connectivity index (χ2n) is 7.42. The van der Waals surface area contributed by atoms with Crippen molar-refractivity contribution >= 4 is 16.9 Å². The number of para-hydroxylation sites is 2. The van der Waals surface area contributed by atoms with Crippen LogP contribution in [0.5, 0.6) is 0 Å². The van der Waals surface area contributed by atoms with E-state index in [0.717, 1.165) is 31.4 Å². The molecular weight excluding hydrogens is 314 g/mol. The third kappa shape index (κ3) is 5.41. The molecule has 0 fully saturated rings. The van der Waals surface area contributed by atoms with Crippen LogP contribution in [0.2, 0.25) is 0 Å². The first-order valence-electron chi connectivity index (χ1n) is 9.11. The quantitative estimate of drug-likeness (QED) is 0.739. The Balaban J connectivity index is 2.22. The smallest absolute Gasteiger partial charge is 0.269 e. The summed E-state index contributed by atoms with van der Waals surface area (Å²) in [6, 6.07) is 7.43. The number of benzene rings is 1. The highest BCUT2D eigenvalue weighted by Gasteiger charge is 2.17. The van der Waals surface area contributed by atoms with Crippen LogP contribution in [0, 0.1) is 11.8 Å². The number of hydrogen-bond acceptors (Lipinski definition) is 3. The lowest BCUT2D eigenvalue weighted by Gasteiger charge is -2.25. The zero-order valence-electron chi connectivity index (χ0n) is 15.7. The summed E-state index contributed by atoms with van der Waals surface area (Å²) in [5.41, 5.74) is 1.20. The van der Waals surface area contributed by atoms with Crippen LogP contribution in [0.15, 0.2) is 35.3 Å². The molecule has 1 aromatic heterocycles. The Bertz CT molecular complexity index is 753. The summed E-state index contributed by atoms with van der Waals surface area (Å²) in [6.07, 6.45) is 3.23. The number of hydrogen-bond donors (Lipinski definition) is 0. The number of fused-ring (bicyclic) bond motifs is 1. The molecule has 1 amide bonds. The maximum Gasteiger partial charge on any atom is 0.269 e. The summed E-state index contributed by atoms with van der Waals surface area (Å²) < 4.78 is 1.53. The van der Waals surface area contributed by atoms with E-state index in [1.54, 1.807) is 0 Å². The SMILES string of the molecule is CC(C)CCN(CCC(C)C)C(=O)Cn1c(=O)cnc2ccccc21. The summed E-state index contributed by atoms with van der Waals surface area (Å²) in [7, 11) is 0. The predicted octanol–water partition coefficient (Wildman–Crippen LogP) is 3.32. The number of rotatable bonds is 8. The van der Waals surface area contributed by atoms with Crippen molar-refractivity contribution < 1.29 is 4.79 Å². The van der Waals surface area contributed by atoms with Crippen molar-refractivity contribution in [3.63, 3.8) is 0 Å². The van der Waals surface area contributed by atoms with Crippen LogP contribution in [0.1, 0.15) is 40.5 Å². The monoisotopic (exact) mass is 343 g/mol. The Morgan fingerprint density at radius 3 is 2.28 bits per heavy atom. The molecule has 0 aliphatic rings. The van der Waals surface area contributed by atoms with Crippen LogP contribution < -0.4 is 5.56 Å². The summed E-state index contributed by atoms with van der Waals surface area (Å²) in [6.45, 7) is 10.2. The van der Waals surface area contributed by atoms with E-state index in [1.807, 2.05) is 29.2 Å². The summed E-state index contributed by atoms with van der Waals surface area (Å²) >= 11 is 0. The third-order valence-electron chi connectivity index (χ3n) is 4.35. The molecule has 0 aliphatic carbocycles. The van der Waals surface area contributed by atoms with Crippen LogP contribution in [0.25, 0.3) is 11.0 Å². The summed E-state index contributed by atoms with van der Waals surface area (Å²) in [5.74, 6) is 1.08. The standard InChI is InChI=1S/C20H29N3O2/c1-15(2)9-11-22(12-10-16(3)4)20(25)14-23-18-8-6-5-7-17(18)21-13-19(23)24/h5-8,13,15-16H,9-12,14H2,1-4H3. The van der Waals surface area contributed by atoms with Gasteiger partial charge < -0.3 is 4.90 Å². The fourth-order valence-electron chi connectivity index (χ4n) is 2.70. The molecule has 0 saturated carbocycles. The molecule has 0 atom stereocenters. The highest BCUT2D eigenvalue weighted by molar-refractivity contribution is 5.80. The number of amides is 1. The van der Waals surface area contributed by atoms with Gasteiger partial charge in [0.2, 0.25) is 5.91 Å². The molecule has 1 aromatic carbocycles. The molecule has 0 saturated heterocycles. The minimum atomic E-state index is -0.236.